The first kappa shape index (κ1) is 12.1. The average Bonchev–Trinajstić information content (AvgIpc) is 2.04. The highest BCUT2D eigenvalue weighted by atomic mass is 16.5. The first-order valence-electron chi connectivity index (χ1n) is 3.88. The predicted octanol–water partition coefficient (Wildman–Crippen LogP) is 0.184. The van der Waals surface area contributed by atoms with E-state index >= 15 is 0 Å². The zero-order valence-electron chi connectivity index (χ0n) is 7.61. The summed E-state index contributed by atoms with van der Waals surface area (Å²) >= 11 is 0. The summed E-state index contributed by atoms with van der Waals surface area (Å²) in [5, 5.41) is 24.0. The fourth-order valence-corrected chi connectivity index (χ4v) is 0.763. The molecular weight excluding hydrogens is 188 g/mol. The van der Waals surface area contributed by atoms with Gasteiger partial charge < -0.3 is 15.3 Å². The number of carboxylic acid groups (broad SMARTS) is 1. The Morgan fingerprint density at radius 3 is 2.57 bits per heavy atom. The highest BCUT2D eigenvalue weighted by Gasteiger charge is 2.25. The van der Waals surface area contributed by atoms with Gasteiger partial charge in [-0.3, -0.25) is 9.59 Å². The van der Waals surface area contributed by atoms with Crippen LogP contribution in [0, 0.1) is 22.7 Å². The second kappa shape index (κ2) is 5.70. The number of ether oxygens (including phenoxy) is 1. The Hall–Kier alpha value is -1.90. The van der Waals surface area contributed by atoms with Crippen molar-refractivity contribution in [2.24, 2.45) is 5.92 Å². The lowest BCUT2D eigenvalue weighted by atomic mass is 10.0. The van der Waals surface area contributed by atoms with Crippen LogP contribution in [0.3, 0.4) is 0 Å². The molecule has 76 valence electrons. The Kier molecular flexibility index (Phi) is 4.92. The molecule has 0 radical (unpaired) electrons. The molecule has 0 unspecified atom stereocenters. The first-order chi connectivity index (χ1) is 6.52. The topological polar surface area (TPSA) is 111 Å². The quantitative estimate of drug-likeness (QED) is 0.483. The molecule has 0 aliphatic carbocycles. The Labute approximate surface area is 80.6 Å². The van der Waals surface area contributed by atoms with E-state index in [0.717, 1.165) is 0 Å². The van der Waals surface area contributed by atoms with Crippen LogP contribution in [0.2, 0.25) is 0 Å². The fourth-order valence-electron chi connectivity index (χ4n) is 0.763. The second-order valence-electron chi connectivity index (χ2n) is 2.41. The lowest BCUT2D eigenvalue weighted by Gasteiger charge is -2.07. The Bertz CT molecular complexity index is 292. The maximum absolute atomic E-state index is 11.0. The minimum absolute atomic E-state index is 0.0946. The van der Waals surface area contributed by atoms with E-state index in [4.69, 9.17) is 15.8 Å². The Morgan fingerprint density at radius 2 is 2.21 bits per heavy atom. The van der Waals surface area contributed by atoms with Gasteiger partial charge in [0.25, 0.3) is 0 Å². The standard InChI is InChI=1S/C8H10N2O4/c1-2-14-8(13)5(4-9)6(10)3-7(11)12/h5,10H,2-3H2,1H3,(H,11,12)/t5-/m1/s1. The van der Waals surface area contributed by atoms with Crippen LogP contribution < -0.4 is 0 Å². The molecule has 0 rings (SSSR count). The van der Waals surface area contributed by atoms with E-state index in [1.165, 1.54) is 6.07 Å². The van der Waals surface area contributed by atoms with Crippen molar-refractivity contribution < 1.29 is 19.4 Å². The highest BCUT2D eigenvalue weighted by molar-refractivity contribution is 6.09. The molecular formula is C8H10N2O4. The minimum atomic E-state index is -1.41. The molecule has 14 heavy (non-hydrogen) atoms. The van der Waals surface area contributed by atoms with E-state index in [2.05, 4.69) is 4.74 Å². The number of hydrogen-bond donors (Lipinski definition) is 2. The molecule has 0 aromatic heterocycles. The summed E-state index contributed by atoms with van der Waals surface area (Å²) in [6, 6.07) is 1.53. The van der Waals surface area contributed by atoms with E-state index in [0.29, 0.717) is 0 Å². The predicted molar refractivity (Wildman–Crippen MR) is 45.7 cm³/mol. The van der Waals surface area contributed by atoms with Crippen molar-refractivity contribution in [1.82, 2.24) is 0 Å². The molecule has 2 N–H and O–H groups in total. The van der Waals surface area contributed by atoms with Gasteiger partial charge in [-0.25, -0.2) is 0 Å². The average molecular weight is 198 g/mol. The van der Waals surface area contributed by atoms with Gasteiger partial charge in [-0.05, 0) is 6.92 Å². The first-order valence-corrected chi connectivity index (χ1v) is 3.88. The summed E-state index contributed by atoms with van der Waals surface area (Å²) in [5.74, 6) is -3.54. The van der Waals surface area contributed by atoms with Crippen LogP contribution in [0.5, 0.6) is 0 Å². The van der Waals surface area contributed by atoms with Gasteiger partial charge >= 0.3 is 11.9 Å². The van der Waals surface area contributed by atoms with Crippen molar-refractivity contribution >= 4 is 17.7 Å². The molecule has 0 saturated carbocycles. The Balaban J connectivity index is 4.42. The molecule has 0 aromatic carbocycles. The molecule has 1 atom stereocenters. The molecule has 0 amide bonds. The molecule has 0 bridgehead atoms. The zero-order chi connectivity index (χ0) is 11.1. The summed E-state index contributed by atoms with van der Waals surface area (Å²) in [6.45, 7) is 1.66. The number of nitriles is 1. The SMILES string of the molecule is CCOC(=O)[C@H](C#N)C(=N)CC(=O)O. The smallest absolute Gasteiger partial charge is 0.329 e. The molecule has 0 spiro atoms. The van der Waals surface area contributed by atoms with Crippen LogP contribution in [0.1, 0.15) is 13.3 Å². The number of esters is 1. The lowest BCUT2D eigenvalue weighted by Crippen LogP contribution is -2.26. The summed E-state index contributed by atoms with van der Waals surface area (Å²) in [5.41, 5.74) is -0.460. The third kappa shape index (κ3) is 3.67. The maximum Gasteiger partial charge on any atom is 0.329 e. The third-order valence-electron chi connectivity index (χ3n) is 1.34. The Morgan fingerprint density at radius 1 is 1.64 bits per heavy atom. The van der Waals surface area contributed by atoms with Gasteiger partial charge in [0, 0.05) is 5.71 Å². The van der Waals surface area contributed by atoms with E-state index < -0.39 is 30.0 Å². The van der Waals surface area contributed by atoms with Crippen LogP contribution in [-0.2, 0) is 14.3 Å². The minimum Gasteiger partial charge on any atom is -0.481 e. The number of carbonyl (C=O) groups excluding carboxylic acids is 1. The molecule has 0 aliphatic heterocycles. The molecule has 0 fully saturated rings. The van der Waals surface area contributed by atoms with E-state index in [1.807, 2.05) is 0 Å². The number of nitrogens with one attached hydrogen (secondary N) is 1. The fraction of sp³-hybridized carbons (Fsp3) is 0.500. The monoisotopic (exact) mass is 198 g/mol. The van der Waals surface area contributed by atoms with Gasteiger partial charge in [0.15, 0.2) is 5.92 Å². The van der Waals surface area contributed by atoms with Gasteiger partial charge in [-0.15, -0.1) is 0 Å². The van der Waals surface area contributed by atoms with Crippen LogP contribution >= 0.6 is 0 Å². The van der Waals surface area contributed by atoms with Crippen molar-refractivity contribution in [1.29, 1.82) is 10.7 Å². The number of aliphatic carboxylic acids is 1. The van der Waals surface area contributed by atoms with Gasteiger partial charge in [0.05, 0.1) is 19.1 Å². The number of nitrogens with zero attached hydrogens (tertiary/aromatic N) is 1. The largest absolute Gasteiger partial charge is 0.481 e. The van der Waals surface area contributed by atoms with Crippen molar-refractivity contribution in [2.45, 2.75) is 13.3 Å². The van der Waals surface area contributed by atoms with Gasteiger partial charge in [-0.2, -0.15) is 5.26 Å². The molecule has 0 heterocycles. The molecule has 0 aromatic rings. The van der Waals surface area contributed by atoms with Crippen LogP contribution in [0.25, 0.3) is 0 Å². The van der Waals surface area contributed by atoms with Gasteiger partial charge in [-0.1, -0.05) is 0 Å². The van der Waals surface area contributed by atoms with Crippen molar-refractivity contribution in [3.8, 4) is 6.07 Å². The van der Waals surface area contributed by atoms with Gasteiger partial charge in [0.2, 0.25) is 0 Å². The lowest BCUT2D eigenvalue weighted by molar-refractivity contribution is -0.144. The summed E-state index contributed by atoms with van der Waals surface area (Å²) in [4.78, 5) is 21.2. The summed E-state index contributed by atoms with van der Waals surface area (Å²) in [7, 11) is 0. The van der Waals surface area contributed by atoms with Crippen molar-refractivity contribution in [2.75, 3.05) is 6.61 Å². The third-order valence-corrected chi connectivity index (χ3v) is 1.34. The maximum atomic E-state index is 11.0. The number of rotatable bonds is 5. The molecule has 0 aliphatic rings. The van der Waals surface area contributed by atoms with Crippen molar-refractivity contribution in [3.05, 3.63) is 0 Å². The van der Waals surface area contributed by atoms with Crippen LogP contribution in [-0.4, -0.2) is 29.4 Å². The van der Waals surface area contributed by atoms with E-state index in [9.17, 15) is 9.59 Å². The zero-order valence-corrected chi connectivity index (χ0v) is 7.61. The molecule has 6 nitrogen and oxygen atoms in total. The van der Waals surface area contributed by atoms with Crippen molar-refractivity contribution in [3.63, 3.8) is 0 Å². The van der Waals surface area contributed by atoms with Gasteiger partial charge in [0.1, 0.15) is 0 Å². The second-order valence-corrected chi connectivity index (χ2v) is 2.41. The normalized spacial score (nSPS) is 11.1. The van der Waals surface area contributed by atoms with E-state index in [1.54, 1.807) is 6.92 Å². The van der Waals surface area contributed by atoms with Crippen LogP contribution in [0.15, 0.2) is 0 Å². The number of hydrogen-bond acceptors (Lipinski definition) is 5. The number of carboxylic acids is 1. The summed E-state index contributed by atoms with van der Waals surface area (Å²) in [6.07, 6.45) is -0.628. The van der Waals surface area contributed by atoms with Crippen LogP contribution in [0.4, 0.5) is 0 Å². The summed E-state index contributed by atoms with van der Waals surface area (Å²) < 4.78 is 4.50. The molecule has 6 heteroatoms. The molecule has 0 saturated heterocycles. The van der Waals surface area contributed by atoms with E-state index in [-0.39, 0.29) is 6.61 Å². The highest BCUT2D eigenvalue weighted by Crippen LogP contribution is 2.04. The number of carbonyl (C=O) groups is 2.